The summed E-state index contributed by atoms with van der Waals surface area (Å²) in [6.45, 7) is 0.544. The minimum atomic E-state index is -1.17. The summed E-state index contributed by atoms with van der Waals surface area (Å²) in [5.74, 6) is 0.904. The minimum Gasteiger partial charge on any atom is -0.480 e. The summed E-state index contributed by atoms with van der Waals surface area (Å²) in [7, 11) is 1.23. The largest absolute Gasteiger partial charge is 0.480 e. The first-order chi connectivity index (χ1) is 9.52. The van der Waals surface area contributed by atoms with Crippen molar-refractivity contribution in [3.8, 4) is 0 Å². The van der Waals surface area contributed by atoms with E-state index in [1.165, 1.54) is 7.11 Å². The first-order valence-corrected chi connectivity index (χ1v) is 7.60. The molecule has 0 aromatic carbocycles. The number of urea groups is 1. The molecule has 0 aromatic rings. The number of ether oxygens (including phenoxy) is 1. The van der Waals surface area contributed by atoms with E-state index in [0.717, 1.165) is 17.9 Å². The van der Waals surface area contributed by atoms with Gasteiger partial charge in [0.15, 0.2) is 0 Å². The standard InChI is InChI=1S/C12H20N2O5S/c1-19-10(15)3-2-9(11(16)17)14-12(18)13-6-8-4-5-20-7-8/h8-9H,2-7H2,1H3,(H,16,17)(H2,13,14,18)/t8?,9-/m1/s1. The number of carbonyl (C=O) groups excluding carboxylic acids is 2. The van der Waals surface area contributed by atoms with Gasteiger partial charge in [0, 0.05) is 13.0 Å². The first kappa shape index (κ1) is 16.6. The molecule has 1 fully saturated rings. The van der Waals surface area contributed by atoms with Crippen molar-refractivity contribution in [1.29, 1.82) is 0 Å². The highest BCUT2D eigenvalue weighted by molar-refractivity contribution is 7.99. The molecule has 20 heavy (non-hydrogen) atoms. The fourth-order valence-corrected chi connectivity index (χ4v) is 3.10. The summed E-state index contributed by atoms with van der Waals surface area (Å²) in [6.07, 6.45) is 1.03. The van der Waals surface area contributed by atoms with Crippen LogP contribution in [0.4, 0.5) is 4.79 Å². The highest BCUT2D eigenvalue weighted by Crippen LogP contribution is 2.22. The maximum absolute atomic E-state index is 11.6. The molecule has 0 radical (unpaired) electrons. The number of nitrogens with one attached hydrogen (secondary N) is 2. The Hall–Kier alpha value is -1.44. The van der Waals surface area contributed by atoms with Crippen LogP contribution >= 0.6 is 11.8 Å². The summed E-state index contributed by atoms with van der Waals surface area (Å²) in [4.78, 5) is 33.6. The summed E-state index contributed by atoms with van der Waals surface area (Å²) >= 11 is 1.85. The third-order valence-electron chi connectivity index (χ3n) is 3.04. The lowest BCUT2D eigenvalue weighted by molar-refractivity contribution is -0.142. The van der Waals surface area contributed by atoms with Crippen LogP contribution in [0.25, 0.3) is 0 Å². The van der Waals surface area contributed by atoms with Crippen LogP contribution < -0.4 is 10.6 Å². The molecule has 7 nitrogen and oxygen atoms in total. The van der Waals surface area contributed by atoms with Crippen LogP contribution in [-0.2, 0) is 14.3 Å². The van der Waals surface area contributed by atoms with Gasteiger partial charge in [-0.15, -0.1) is 0 Å². The average molecular weight is 304 g/mol. The quantitative estimate of drug-likeness (QED) is 0.590. The molecule has 1 aliphatic heterocycles. The molecule has 1 unspecified atom stereocenters. The van der Waals surface area contributed by atoms with Crippen LogP contribution in [0.5, 0.6) is 0 Å². The van der Waals surface area contributed by atoms with E-state index in [1.54, 1.807) is 0 Å². The van der Waals surface area contributed by atoms with Gasteiger partial charge < -0.3 is 20.5 Å². The molecule has 0 bridgehead atoms. The van der Waals surface area contributed by atoms with Crippen LogP contribution in [0, 0.1) is 5.92 Å². The minimum absolute atomic E-state index is 0.00864. The van der Waals surface area contributed by atoms with E-state index in [9.17, 15) is 14.4 Å². The number of thioether (sulfide) groups is 1. The Bertz CT molecular complexity index is 358. The fourth-order valence-electron chi connectivity index (χ4n) is 1.81. The second-order valence-electron chi connectivity index (χ2n) is 4.59. The molecule has 1 saturated heterocycles. The summed E-state index contributed by atoms with van der Waals surface area (Å²) < 4.78 is 4.44. The van der Waals surface area contributed by atoms with Gasteiger partial charge in [-0.2, -0.15) is 11.8 Å². The Morgan fingerprint density at radius 2 is 2.20 bits per heavy atom. The van der Waals surface area contributed by atoms with Gasteiger partial charge in [0.2, 0.25) is 0 Å². The summed E-state index contributed by atoms with van der Waals surface area (Å²) in [5, 5.41) is 14.0. The molecule has 0 aromatic heterocycles. The second kappa shape index (κ2) is 8.68. The summed E-state index contributed by atoms with van der Waals surface area (Å²) in [6, 6.07) is -1.61. The Kier molecular flexibility index (Phi) is 7.21. The van der Waals surface area contributed by atoms with Crippen LogP contribution in [0.3, 0.4) is 0 Å². The van der Waals surface area contributed by atoms with Crippen molar-refractivity contribution in [1.82, 2.24) is 10.6 Å². The molecule has 3 N–H and O–H groups in total. The number of carboxylic acid groups (broad SMARTS) is 1. The number of hydrogen-bond acceptors (Lipinski definition) is 5. The molecule has 1 rings (SSSR count). The van der Waals surface area contributed by atoms with Crippen molar-refractivity contribution in [2.75, 3.05) is 25.2 Å². The number of carbonyl (C=O) groups is 3. The van der Waals surface area contributed by atoms with E-state index < -0.39 is 24.0 Å². The molecule has 2 amide bonds. The number of rotatable bonds is 7. The molecule has 2 atom stereocenters. The van der Waals surface area contributed by atoms with Crippen molar-refractivity contribution < 1.29 is 24.2 Å². The van der Waals surface area contributed by atoms with Crippen molar-refractivity contribution >= 4 is 29.7 Å². The number of amides is 2. The third-order valence-corrected chi connectivity index (χ3v) is 4.27. The zero-order chi connectivity index (χ0) is 15.0. The van der Waals surface area contributed by atoms with E-state index in [-0.39, 0.29) is 12.8 Å². The molecule has 8 heteroatoms. The highest BCUT2D eigenvalue weighted by Gasteiger charge is 2.22. The SMILES string of the molecule is COC(=O)CC[C@@H](NC(=O)NCC1CCSC1)C(=O)O. The van der Waals surface area contributed by atoms with Crippen LogP contribution in [0.2, 0.25) is 0 Å². The normalized spacial score (nSPS) is 19.1. The topological polar surface area (TPSA) is 105 Å². The molecule has 114 valence electrons. The number of hydrogen-bond donors (Lipinski definition) is 3. The van der Waals surface area contributed by atoms with Crippen molar-refractivity contribution in [2.45, 2.75) is 25.3 Å². The lowest BCUT2D eigenvalue weighted by Gasteiger charge is -2.16. The second-order valence-corrected chi connectivity index (χ2v) is 5.74. The predicted octanol–water partition coefficient (Wildman–Crippen LogP) is 0.445. The predicted molar refractivity (Wildman–Crippen MR) is 74.6 cm³/mol. The van der Waals surface area contributed by atoms with E-state index >= 15 is 0 Å². The number of aliphatic carboxylic acids is 1. The van der Waals surface area contributed by atoms with Gasteiger partial charge in [-0.3, -0.25) is 4.79 Å². The fraction of sp³-hybridized carbons (Fsp3) is 0.750. The number of methoxy groups -OCH3 is 1. The smallest absolute Gasteiger partial charge is 0.326 e. The zero-order valence-corrected chi connectivity index (χ0v) is 12.2. The Labute approximate surface area is 121 Å². The Morgan fingerprint density at radius 1 is 1.45 bits per heavy atom. The first-order valence-electron chi connectivity index (χ1n) is 6.44. The maximum Gasteiger partial charge on any atom is 0.326 e. The van der Waals surface area contributed by atoms with Gasteiger partial charge in [0.05, 0.1) is 7.11 Å². The van der Waals surface area contributed by atoms with Gasteiger partial charge in [-0.05, 0) is 30.3 Å². The van der Waals surface area contributed by atoms with Gasteiger partial charge in [-0.25, -0.2) is 9.59 Å². The Balaban J connectivity index is 2.30. The van der Waals surface area contributed by atoms with E-state index in [2.05, 4.69) is 15.4 Å². The third kappa shape index (κ3) is 6.14. The molecule has 1 heterocycles. The number of esters is 1. The van der Waals surface area contributed by atoms with Crippen molar-refractivity contribution in [3.63, 3.8) is 0 Å². The van der Waals surface area contributed by atoms with Crippen LogP contribution in [0.1, 0.15) is 19.3 Å². The lowest BCUT2D eigenvalue weighted by atomic mass is 10.1. The number of carboxylic acids is 1. The lowest BCUT2D eigenvalue weighted by Crippen LogP contribution is -2.47. The zero-order valence-electron chi connectivity index (χ0n) is 11.4. The molecule has 0 spiro atoms. The molecular weight excluding hydrogens is 284 g/mol. The Morgan fingerprint density at radius 3 is 2.75 bits per heavy atom. The average Bonchev–Trinajstić information content (AvgIpc) is 2.93. The van der Waals surface area contributed by atoms with Crippen LogP contribution in [0.15, 0.2) is 0 Å². The van der Waals surface area contributed by atoms with Crippen molar-refractivity contribution in [2.24, 2.45) is 5.92 Å². The molecule has 0 aliphatic carbocycles. The van der Waals surface area contributed by atoms with Gasteiger partial charge in [-0.1, -0.05) is 0 Å². The molecular formula is C12H20N2O5S. The van der Waals surface area contributed by atoms with Crippen LogP contribution in [-0.4, -0.2) is 54.3 Å². The van der Waals surface area contributed by atoms with E-state index in [0.29, 0.717) is 12.5 Å². The molecule has 1 aliphatic rings. The van der Waals surface area contributed by atoms with Crippen molar-refractivity contribution in [3.05, 3.63) is 0 Å². The maximum atomic E-state index is 11.6. The van der Waals surface area contributed by atoms with Gasteiger partial charge in [0.25, 0.3) is 0 Å². The van der Waals surface area contributed by atoms with E-state index in [4.69, 9.17) is 5.11 Å². The van der Waals surface area contributed by atoms with Gasteiger partial charge in [0.1, 0.15) is 6.04 Å². The molecule has 0 saturated carbocycles. The van der Waals surface area contributed by atoms with Gasteiger partial charge >= 0.3 is 18.0 Å². The monoisotopic (exact) mass is 304 g/mol. The highest BCUT2D eigenvalue weighted by atomic mass is 32.2. The van der Waals surface area contributed by atoms with E-state index in [1.807, 2.05) is 11.8 Å². The summed E-state index contributed by atoms with van der Waals surface area (Å²) in [5.41, 5.74) is 0.